The molecule has 1 atom stereocenters. The van der Waals surface area contributed by atoms with Crippen molar-refractivity contribution >= 4 is 28.2 Å². The average Bonchev–Trinajstić information content (AvgIpc) is 3.29. The van der Waals surface area contributed by atoms with Crippen molar-refractivity contribution in [1.82, 2.24) is 24.6 Å². The number of hydrogen-bond donors (Lipinski definition) is 1. The number of rotatable bonds is 4. The number of benzene rings is 1. The fraction of sp³-hybridized carbons (Fsp3) is 0.364. The Kier molecular flexibility index (Phi) is 5.28. The van der Waals surface area contributed by atoms with Crippen LogP contribution in [-0.4, -0.2) is 50.9 Å². The van der Waals surface area contributed by atoms with E-state index < -0.39 is 17.8 Å². The first-order chi connectivity index (χ1) is 15.8. The van der Waals surface area contributed by atoms with E-state index >= 15 is 0 Å². The van der Waals surface area contributed by atoms with Crippen LogP contribution in [0, 0.1) is 6.92 Å². The molecule has 1 aromatic carbocycles. The zero-order valence-corrected chi connectivity index (χ0v) is 18.1. The average molecular weight is 457 g/mol. The highest BCUT2D eigenvalue weighted by atomic mass is 19.4. The molecule has 0 radical (unpaired) electrons. The topological polar surface area (TPSA) is 80.5 Å². The third-order valence-electron chi connectivity index (χ3n) is 5.74. The molecule has 5 rings (SSSR count). The standard InChI is InChI=1S/C22H22F3N7O/c1-13(15-4-3-5-16(10-15)22(23,24)25)27-19-17-11-18(31-6-8-33-9-7-31)21-30-26-12-32(21)20(17)29-14(2)28-19/h3-5,10-13H,6-9H2,1-2H3,(H,27,28,29). The minimum absolute atomic E-state index is 0.423. The van der Waals surface area contributed by atoms with Gasteiger partial charge in [-0.15, -0.1) is 10.2 Å². The SMILES string of the molecule is Cc1nc(NC(C)c2cccc(C(F)(F)F)c2)c2cc(N3CCOCC3)c3nncn3c2n1. The molecule has 1 saturated heterocycles. The zero-order chi connectivity index (χ0) is 23.2. The number of aryl methyl sites for hydroxylation is 1. The molecule has 1 unspecified atom stereocenters. The first kappa shape index (κ1) is 21.4. The van der Waals surface area contributed by atoms with Gasteiger partial charge in [0.25, 0.3) is 0 Å². The quantitative estimate of drug-likeness (QED) is 0.496. The van der Waals surface area contributed by atoms with Crippen LogP contribution in [-0.2, 0) is 10.9 Å². The van der Waals surface area contributed by atoms with Crippen LogP contribution < -0.4 is 10.2 Å². The minimum Gasteiger partial charge on any atom is -0.378 e. The third-order valence-corrected chi connectivity index (χ3v) is 5.74. The predicted octanol–water partition coefficient (Wildman–Crippen LogP) is 4.01. The summed E-state index contributed by atoms with van der Waals surface area (Å²) in [6.07, 6.45) is -2.80. The van der Waals surface area contributed by atoms with E-state index in [0.29, 0.717) is 54.8 Å². The van der Waals surface area contributed by atoms with Crippen LogP contribution in [0.3, 0.4) is 0 Å². The summed E-state index contributed by atoms with van der Waals surface area (Å²) in [4.78, 5) is 11.3. The number of pyridine rings is 1. The van der Waals surface area contributed by atoms with Crippen molar-refractivity contribution in [3.8, 4) is 0 Å². The molecule has 0 saturated carbocycles. The van der Waals surface area contributed by atoms with Gasteiger partial charge in [-0.2, -0.15) is 13.2 Å². The molecule has 11 heteroatoms. The summed E-state index contributed by atoms with van der Waals surface area (Å²) in [5.74, 6) is 1.06. The van der Waals surface area contributed by atoms with Crippen molar-refractivity contribution in [2.75, 3.05) is 36.5 Å². The maximum absolute atomic E-state index is 13.2. The second-order valence-electron chi connectivity index (χ2n) is 8.00. The molecule has 1 aliphatic heterocycles. The van der Waals surface area contributed by atoms with Crippen LogP contribution in [0.25, 0.3) is 16.7 Å². The van der Waals surface area contributed by atoms with Crippen molar-refractivity contribution in [1.29, 1.82) is 0 Å². The summed E-state index contributed by atoms with van der Waals surface area (Å²) in [6, 6.07) is 6.85. The van der Waals surface area contributed by atoms with E-state index in [1.54, 1.807) is 26.2 Å². The summed E-state index contributed by atoms with van der Waals surface area (Å²) in [7, 11) is 0. The van der Waals surface area contributed by atoms with Gasteiger partial charge in [0.2, 0.25) is 0 Å². The van der Waals surface area contributed by atoms with Gasteiger partial charge in [-0.25, -0.2) is 9.97 Å². The molecule has 0 spiro atoms. The maximum atomic E-state index is 13.2. The molecule has 1 fully saturated rings. The maximum Gasteiger partial charge on any atom is 0.416 e. The van der Waals surface area contributed by atoms with Crippen molar-refractivity contribution < 1.29 is 17.9 Å². The number of anilines is 2. The number of morpholine rings is 1. The van der Waals surface area contributed by atoms with E-state index in [2.05, 4.69) is 30.4 Å². The molecule has 0 amide bonds. The summed E-state index contributed by atoms with van der Waals surface area (Å²) >= 11 is 0. The van der Waals surface area contributed by atoms with E-state index in [1.807, 2.05) is 10.5 Å². The smallest absolute Gasteiger partial charge is 0.378 e. The van der Waals surface area contributed by atoms with Gasteiger partial charge in [0, 0.05) is 19.1 Å². The van der Waals surface area contributed by atoms with E-state index in [-0.39, 0.29) is 0 Å². The number of nitrogens with one attached hydrogen (secondary N) is 1. The van der Waals surface area contributed by atoms with Crippen molar-refractivity contribution in [2.45, 2.75) is 26.1 Å². The molecule has 0 bridgehead atoms. The van der Waals surface area contributed by atoms with Crippen LogP contribution in [0.1, 0.15) is 29.9 Å². The molecule has 1 N–H and O–H groups in total. The van der Waals surface area contributed by atoms with E-state index in [4.69, 9.17) is 4.74 Å². The Labute approximate surface area is 187 Å². The van der Waals surface area contributed by atoms with E-state index in [1.165, 1.54) is 6.07 Å². The Hall–Kier alpha value is -3.47. The first-order valence-electron chi connectivity index (χ1n) is 10.6. The second-order valence-corrected chi connectivity index (χ2v) is 8.00. The molecule has 1 aliphatic rings. The van der Waals surface area contributed by atoms with Gasteiger partial charge in [-0.05, 0) is 37.6 Å². The highest BCUT2D eigenvalue weighted by Gasteiger charge is 2.31. The number of ether oxygens (including phenoxy) is 1. The van der Waals surface area contributed by atoms with Gasteiger partial charge >= 0.3 is 6.18 Å². The highest BCUT2D eigenvalue weighted by molar-refractivity contribution is 5.94. The predicted molar refractivity (Wildman–Crippen MR) is 117 cm³/mol. The fourth-order valence-electron chi connectivity index (χ4n) is 4.07. The van der Waals surface area contributed by atoms with Crippen molar-refractivity contribution in [2.24, 2.45) is 0 Å². The van der Waals surface area contributed by atoms with Crippen molar-refractivity contribution in [3.63, 3.8) is 0 Å². The Morgan fingerprint density at radius 3 is 2.64 bits per heavy atom. The Morgan fingerprint density at radius 2 is 1.88 bits per heavy atom. The molecule has 4 aromatic rings. The number of fused-ring (bicyclic) bond motifs is 3. The van der Waals surface area contributed by atoms with Crippen LogP contribution in [0.15, 0.2) is 36.7 Å². The lowest BCUT2D eigenvalue weighted by Crippen LogP contribution is -2.36. The normalized spacial score (nSPS) is 15.8. The minimum atomic E-state index is -4.40. The number of aromatic nitrogens is 5. The molecule has 8 nitrogen and oxygen atoms in total. The molecule has 4 heterocycles. The first-order valence-corrected chi connectivity index (χ1v) is 10.6. The van der Waals surface area contributed by atoms with Crippen molar-refractivity contribution in [3.05, 3.63) is 53.6 Å². The van der Waals surface area contributed by atoms with Gasteiger partial charge in [-0.1, -0.05) is 12.1 Å². The number of nitrogens with zero attached hydrogens (tertiary/aromatic N) is 6. The largest absolute Gasteiger partial charge is 0.416 e. The lowest BCUT2D eigenvalue weighted by molar-refractivity contribution is -0.137. The van der Waals surface area contributed by atoms with Gasteiger partial charge in [0.05, 0.1) is 29.9 Å². The lowest BCUT2D eigenvalue weighted by Gasteiger charge is -2.29. The van der Waals surface area contributed by atoms with Gasteiger partial charge in [0.15, 0.2) is 11.3 Å². The Morgan fingerprint density at radius 1 is 1.09 bits per heavy atom. The second kappa shape index (κ2) is 8.14. The Balaban J connectivity index is 1.59. The summed E-state index contributed by atoms with van der Waals surface area (Å²) in [6.45, 7) is 6.22. The van der Waals surface area contributed by atoms with E-state index in [0.717, 1.165) is 23.2 Å². The summed E-state index contributed by atoms with van der Waals surface area (Å²) in [5, 5.41) is 12.4. The van der Waals surface area contributed by atoms with Crippen LogP contribution in [0.4, 0.5) is 24.7 Å². The van der Waals surface area contributed by atoms with E-state index in [9.17, 15) is 13.2 Å². The molecule has 0 aliphatic carbocycles. The number of hydrogen-bond acceptors (Lipinski definition) is 7. The van der Waals surface area contributed by atoms with Crippen LogP contribution >= 0.6 is 0 Å². The van der Waals surface area contributed by atoms with Gasteiger partial charge < -0.3 is 15.0 Å². The zero-order valence-electron chi connectivity index (χ0n) is 18.1. The summed E-state index contributed by atoms with van der Waals surface area (Å²) < 4.78 is 46.9. The number of alkyl halides is 3. The summed E-state index contributed by atoms with van der Waals surface area (Å²) in [5.41, 5.74) is 2.01. The monoisotopic (exact) mass is 457 g/mol. The molecule has 172 valence electrons. The molecule has 3 aromatic heterocycles. The lowest BCUT2D eigenvalue weighted by atomic mass is 10.0. The Bertz CT molecular complexity index is 1310. The number of halogens is 3. The van der Waals surface area contributed by atoms with Gasteiger partial charge in [-0.3, -0.25) is 4.40 Å². The van der Waals surface area contributed by atoms with Gasteiger partial charge in [0.1, 0.15) is 18.0 Å². The van der Waals surface area contributed by atoms with Crippen LogP contribution in [0.5, 0.6) is 0 Å². The molecule has 33 heavy (non-hydrogen) atoms. The molecular formula is C22H22F3N7O. The molecular weight excluding hydrogens is 435 g/mol. The fourth-order valence-corrected chi connectivity index (χ4v) is 4.07. The van der Waals surface area contributed by atoms with Crippen LogP contribution in [0.2, 0.25) is 0 Å². The highest BCUT2D eigenvalue weighted by Crippen LogP contribution is 2.34. The third kappa shape index (κ3) is 4.04.